The lowest BCUT2D eigenvalue weighted by Crippen LogP contribution is -2.46. The molecule has 1 aromatic carbocycles. The van der Waals surface area contributed by atoms with Crippen LogP contribution in [0.1, 0.15) is 11.6 Å². The number of benzene rings is 1. The normalized spacial score (nSPS) is 18.4. The lowest BCUT2D eigenvalue weighted by Gasteiger charge is -2.35. The molecule has 2 rings (SSSR count). The Bertz CT molecular complexity index is 404. The van der Waals surface area contributed by atoms with Crippen LogP contribution in [0.25, 0.3) is 0 Å². The van der Waals surface area contributed by atoms with Gasteiger partial charge in [-0.1, -0.05) is 30.3 Å². The van der Waals surface area contributed by atoms with Crippen LogP contribution in [0.3, 0.4) is 0 Å². The SMILES string of the molecule is N#CC(c1ccccc1)N1CCN(C=O)CC1. The minimum Gasteiger partial charge on any atom is -0.343 e. The van der Waals surface area contributed by atoms with Crippen molar-refractivity contribution < 1.29 is 4.79 Å². The standard InChI is InChI=1S/C13H15N3O/c14-10-13(12-4-2-1-3-5-12)16-8-6-15(11-17)7-9-16/h1-5,11,13H,6-9H2. The molecule has 17 heavy (non-hydrogen) atoms. The molecule has 1 amide bonds. The molecule has 1 aliphatic heterocycles. The van der Waals surface area contributed by atoms with Crippen molar-refractivity contribution in [3.63, 3.8) is 0 Å². The van der Waals surface area contributed by atoms with Gasteiger partial charge in [-0.25, -0.2) is 0 Å². The van der Waals surface area contributed by atoms with Gasteiger partial charge in [0.1, 0.15) is 6.04 Å². The molecule has 4 heteroatoms. The van der Waals surface area contributed by atoms with E-state index in [1.807, 2.05) is 30.3 Å². The molecule has 0 radical (unpaired) electrons. The number of hydrogen-bond acceptors (Lipinski definition) is 3. The minimum absolute atomic E-state index is 0.204. The summed E-state index contributed by atoms with van der Waals surface area (Å²) in [5.41, 5.74) is 1.02. The Kier molecular flexibility index (Phi) is 3.73. The largest absolute Gasteiger partial charge is 0.343 e. The lowest BCUT2D eigenvalue weighted by molar-refractivity contribution is -0.119. The van der Waals surface area contributed by atoms with Gasteiger partial charge in [0.2, 0.25) is 6.41 Å². The van der Waals surface area contributed by atoms with Crippen molar-refractivity contribution in [2.45, 2.75) is 6.04 Å². The Morgan fingerprint density at radius 2 is 1.82 bits per heavy atom. The average molecular weight is 229 g/mol. The second kappa shape index (κ2) is 5.46. The van der Waals surface area contributed by atoms with Crippen LogP contribution >= 0.6 is 0 Å². The highest BCUT2D eigenvalue weighted by atomic mass is 16.1. The Labute approximate surface area is 101 Å². The molecule has 1 aromatic rings. The predicted molar refractivity (Wildman–Crippen MR) is 64.0 cm³/mol. The Balaban J connectivity index is 2.06. The highest BCUT2D eigenvalue weighted by molar-refractivity contribution is 5.47. The van der Waals surface area contributed by atoms with Crippen molar-refractivity contribution in [2.75, 3.05) is 26.2 Å². The summed E-state index contributed by atoms with van der Waals surface area (Å²) in [6.07, 6.45) is 0.876. The molecule has 0 bridgehead atoms. The second-order valence-corrected chi connectivity index (χ2v) is 4.12. The first-order chi connectivity index (χ1) is 8.35. The third-order valence-corrected chi connectivity index (χ3v) is 3.10. The maximum atomic E-state index is 10.6. The summed E-state index contributed by atoms with van der Waals surface area (Å²) in [4.78, 5) is 14.5. The van der Waals surface area contributed by atoms with Crippen LogP contribution in [0.2, 0.25) is 0 Å². The van der Waals surface area contributed by atoms with Crippen LogP contribution in [0.5, 0.6) is 0 Å². The highest BCUT2D eigenvalue weighted by Gasteiger charge is 2.23. The van der Waals surface area contributed by atoms with E-state index < -0.39 is 0 Å². The predicted octanol–water partition coefficient (Wildman–Crippen LogP) is 1.03. The Morgan fingerprint density at radius 1 is 1.18 bits per heavy atom. The number of amides is 1. The zero-order valence-corrected chi connectivity index (χ0v) is 9.62. The molecule has 0 aliphatic carbocycles. The number of hydrogen-bond donors (Lipinski definition) is 0. The maximum absolute atomic E-state index is 10.6. The monoisotopic (exact) mass is 229 g/mol. The molecule has 1 atom stereocenters. The van der Waals surface area contributed by atoms with E-state index in [4.69, 9.17) is 0 Å². The van der Waals surface area contributed by atoms with E-state index in [9.17, 15) is 10.1 Å². The van der Waals surface area contributed by atoms with E-state index in [1.165, 1.54) is 0 Å². The van der Waals surface area contributed by atoms with Gasteiger partial charge in [0, 0.05) is 26.2 Å². The summed E-state index contributed by atoms with van der Waals surface area (Å²) in [7, 11) is 0. The average Bonchev–Trinajstić information content (AvgIpc) is 2.42. The van der Waals surface area contributed by atoms with Gasteiger partial charge in [0.25, 0.3) is 0 Å². The van der Waals surface area contributed by atoms with E-state index in [0.29, 0.717) is 13.1 Å². The van der Waals surface area contributed by atoms with Crippen LogP contribution in [0.15, 0.2) is 30.3 Å². The molecule has 0 N–H and O–H groups in total. The number of nitrogens with zero attached hydrogens (tertiary/aromatic N) is 3. The van der Waals surface area contributed by atoms with E-state index >= 15 is 0 Å². The number of rotatable bonds is 3. The van der Waals surface area contributed by atoms with E-state index in [0.717, 1.165) is 25.1 Å². The first kappa shape index (κ1) is 11.6. The minimum atomic E-state index is -0.204. The van der Waals surface area contributed by atoms with Crippen LogP contribution in [-0.2, 0) is 4.79 Å². The lowest BCUT2D eigenvalue weighted by atomic mass is 10.1. The number of carbonyl (C=O) groups excluding carboxylic acids is 1. The summed E-state index contributed by atoms with van der Waals surface area (Å²) in [5, 5.41) is 9.28. The molecule has 1 unspecified atom stereocenters. The number of piperazine rings is 1. The topological polar surface area (TPSA) is 47.3 Å². The molecule has 1 heterocycles. The molecular weight excluding hydrogens is 214 g/mol. The molecule has 4 nitrogen and oxygen atoms in total. The molecule has 0 aromatic heterocycles. The fraction of sp³-hybridized carbons (Fsp3) is 0.385. The second-order valence-electron chi connectivity index (χ2n) is 4.12. The van der Waals surface area contributed by atoms with E-state index in [2.05, 4.69) is 11.0 Å². The highest BCUT2D eigenvalue weighted by Crippen LogP contribution is 2.20. The van der Waals surface area contributed by atoms with Crippen LogP contribution in [0, 0.1) is 11.3 Å². The third kappa shape index (κ3) is 2.63. The Hall–Kier alpha value is -1.86. The van der Waals surface area contributed by atoms with Crippen LogP contribution in [-0.4, -0.2) is 42.4 Å². The quantitative estimate of drug-likeness (QED) is 0.727. The van der Waals surface area contributed by atoms with Gasteiger partial charge < -0.3 is 4.90 Å². The zero-order chi connectivity index (χ0) is 12.1. The van der Waals surface area contributed by atoms with Crippen molar-refractivity contribution >= 4 is 6.41 Å². The van der Waals surface area contributed by atoms with Crippen molar-refractivity contribution in [3.05, 3.63) is 35.9 Å². The van der Waals surface area contributed by atoms with Gasteiger partial charge in [-0.15, -0.1) is 0 Å². The molecular formula is C13H15N3O. The summed E-state index contributed by atoms with van der Waals surface area (Å²) in [5.74, 6) is 0. The van der Waals surface area contributed by atoms with Gasteiger partial charge in [-0.05, 0) is 5.56 Å². The summed E-state index contributed by atoms with van der Waals surface area (Å²) in [6.45, 7) is 2.92. The fourth-order valence-electron chi connectivity index (χ4n) is 2.10. The number of carbonyl (C=O) groups is 1. The molecule has 1 aliphatic rings. The van der Waals surface area contributed by atoms with Crippen molar-refractivity contribution in [3.8, 4) is 6.07 Å². The van der Waals surface area contributed by atoms with E-state index in [-0.39, 0.29) is 6.04 Å². The fourth-order valence-corrected chi connectivity index (χ4v) is 2.10. The summed E-state index contributed by atoms with van der Waals surface area (Å²) >= 11 is 0. The van der Waals surface area contributed by atoms with Crippen molar-refractivity contribution in [2.24, 2.45) is 0 Å². The smallest absolute Gasteiger partial charge is 0.209 e. The third-order valence-electron chi connectivity index (χ3n) is 3.10. The first-order valence-electron chi connectivity index (χ1n) is 5.73. The molecule has 1 saturated heterocycles. The zero-order valence-electron chi connectivity index (χ0n) is 9.62. The van der Waals surface area contributed by atoms with Crippen molar-refractivity contribution in [1.82, 2.24) is 9.80 Å². The summed E-state index contributed by atoms with van der Waals surface area (Å²) < 4.78 is 0. The van der Waals surface area contributed by atoms with Crippen molar-refractivity contribution in [1.29, 1.82) is 5.26 Å². The van der Waals surface area contributed by atoms with Gasteiger partial charge in [-0.2, -0.15) is 5.26 Å². The van der Waals surface area contributed by atoms with E-state index in [1.54, 1.807) is 4.90 Å². The van der Waals surface area contributed by atoms with Gasteiger partial charge in [0.15, 0.2) is 0 Å². The van der Waals surface area contributed by atoms with Gasteiger partial charge in [0.05, 0.1) is 6.07 Å². The molecule has 1 fully saturated rings. The van der Waals surface area contributed by atoms with Gasteiger partial charge in [-0.3, -0.25) is 9.69 Å². The number of nitriles is 1. The maximum Gasteiger partial charge on any atom is 0.209 e. The molecule has 0 spiro atoms. The first-order valence-corrected chi connectivity index (χ1v) is 5.73. The Morgan fingerprint density at radius 3 is 2.35 bits per heavy atom. The van der Waals surface area contributed by atoms with Crippen LogP contribution < -0.4 is 0 Å². The summed E-state index contributed by atoms with van der Waals surface area (Å²) in [6, 6.07) is 11.9. The van der Waals surface area contributed by atoms with Gasteiger partial charge >= 0.3 is 0 Å². The molecule has 0 saturated carbocycles. The van der Waals surface area contributed by atoms with Crippen LogP contribution in [0.4, 0.5) is 0 Å². The molecule has 88 valence electrons.